The molecule has 2 rings (SSSR count). The molecule has 10 heteroatoms. The van der Waals surface area contributed by atoms with Crippen LogP contribution in [0.2, 0.25) is 0 Å². The van der Waals surface area contributed by atoms with Gasteiger partial charge < -0.3 is 15.2 Å². The van der Waals surface area contributed by atoms with Gasteiger partial charge in [0.1, 0.15) is 12.3 Å². The van der Waals surface area contributed by atoms with E-state index in [1.807, 2.05) is 0 Å². The zero-order valence-electron chi connectivity index (χ0n) is 12.5. The molecule has 0 saturated carbocycles. The molecular formula is C14H14F2N4O4. The van der Waals surface area contributed by atoms with Crippen molar-refractivity contribution in [3.8, 4) is 5.75 Å². The van der Waals surface area contributed by atoms with Crippen molar-refractivity contribution in [2.24, 2.45) is 0 Å². The van der Waals surface area contributed by atoms with Crippen LogP contribution in [0, 0.1) is 0 Å². The lowest BCUT2D eigenvalue weighted by Crippen LogP contribution is -2.30. The summed E-state index contributed by atoms with van der Waals surface area (Å²) in [6.45, 7) is -1.63. The summed E-state index contributed by atoms with van der Waals surface area (Å²) in [6, 6.07) is 5.50. The fourth-order valence-corrected chi connectivity index (χ4v) is 2.03. The van der Waals surface area contributed by atoms with Gasteiger partial charge in [0.25, 0.3) is 0 Å². The van der Waals surface area contributed by atoms with Crippen LogP contribution in [-0.4, -0.2) is 38.6 Å². The molecule has 1 unspecified atom stereocenters. The number of alkyl halides is 2. The number of hydrogen-bond acceptors (Lipinski definition) is 5. The zero-order valence-corrected chi connectivity index (χ0v) is 12.5. The van der Waals surface area contributed by atoms with Crippen LogP contribution in [0.25, 0.3) is 0 Å². The first-order valence-electron chi connectivity index (χ1n) is 6.83. The Morgan fingerprint density at radius 1 is 1.38 bits per heavy atom. The number of carboxylic acid groups (broad SMARTS) is 1. The minimum atomic E-state index is -2.97. The van der Waals surface area contributed by atoms with Crippen molar-refractivity contribution in [3.05, 3.63) is 41.7 Å². The first kappa shape index (κ1) is 17.3. The van der Waals surface area contributed by atoms with Crippen LogP contribution in [-0.2, 0) is 11.3 Å². The Hall–Kier alpha value is -3.04. The second kappa shape index (κ2) is 7.49. The zero-order chi connectivity index (χ0) is 17.7. The van der Waals surface area contributed by atoms with Gasteiger partial charge in [-0.1, -0.05) is 23.4 Å². The van der Waals surface area contributed by atoms with Crippen molar-refractivity contribution in [3.63, 3.8) is 0 Å². The number of para-hydroxylation sites is 1. The number of benzene rings is 1. The van der Waals surface area contributed by atoms with Crippen LogP contribution in [0.15, 0.2) is 30.5 Å². The molecule has 0 fully saturated rings. The number of carbonyl (C=O) groups is 2. The number of carbonyl (C=O) groups excluding carboxylic acids is 1. The molecule has 0 bridgehead atoms. The van der Waals surface area contributed by atoms with Gasteiger partial charge in [-0.25, -0.2) is 9.48 Å². The summed E-state index contributed by atoms with van der Waals surface area (Å²) >= 11 is 0. The number of hydrogen-bond donors (Lipinski definition) is 2. The van der Waals surface area contributed by atoms with E-state index in [4.69, 9.17) is 5.11 Å². The molecule has 0 radical (unpaired) electrons. The molecule has 1 amide bonds. The first-order chi connectivity index (χ1) is 11.4. The third-order valence-corrected chi connectivity index (χ3v) is 3.04. The van der Waals surface area contributed by atoms with Crippen LogP contribution in [0.4, 0.5) is 8.78 Å². The van der Waals surface area contributed by atoms with Crippen molar-refractivity contribution in [1.82, 2.24) is 20.3 Å². The van der Waals surface area contributed by atoms with Crippen molar-refractivity contribution in [2.45, 2.75) is 26.1 Å². The van der Waals surface area contributed by atoms with E-state index in [2.05, 4.69) is 20.4 Å². The Labute approximate surface area is 135 Å². The van der Waals surface area contributed by atoms with Crippen LogP contribution in [0.1, 0.15) is 29.0 Å². The van der Waals surface area contributed by atoms with Crippen LogP contribution in [0.3, 0.4) is 0 Å². The number of amides is 1. The number of nitrogens with zero attached hydrogens (tertiary/aromatic N) is 3. The smallest absolute Gasteiger partial charge is 0.387 e. The summed E-state index contributed by atoms with van der Waals surface area (Å²) < 4.78 is 30.3. The van der Waals surface area contributed by atoms with E-state index in [9.17, 15) is 18.4 Å². The molecule has 2 aromatic rings. The molecule has 0 aliphatic heterocycles. The highest BCUT2D eigenvalue weighted by atomic mass is 19.3. The van der Waals surface area contributed by atoms with E-state index in [1.54, 1.807) is 25.1 Å². The molecule has 24 heavy (non-hydrogen) atoms. The fraction of sp³-hybridized carbons (Fsp3) is 0.286. The van der Waals surface area contributed by atoms with Gasteiger partial charge in [0.15, 0.2) is 5.69 Å². The molecule has 0 saturated heterocycles. The van der Waals surface area contributed by atoms with Crippen molar-refractivity contribution in [2.75, 3.05) is 0 Å². The summed E-state index contributed by atoms with van der Waals surface area (Å²) in [7, 11) is 0. The van der Waals surface area contributed by atoms with E-state index < -0.39 is 24.5 Å². The van der Waals surface area contributed by atoms with Crippen LogP contribution >= 0.6 is 0 Å². The lowest BCUT2D eigenvalue weighted by Gasteiger charge is -2.18. The first-order valence-corrected chi connectivity index (χ1v) is 6.83. The number of nitrogens with one attached hydrogen (secondary N) is 1. The summed E-state index contributed by atoms with van der Waals surface area (Å²) in [4.78, 5) is 22.7. The molecule has 2 N–H and O–H groups in total. The van der Waals surface area contributed by atoms with Gasteiger partial charge in [0.2, 0.25) is 5.91 Å². The number of aromatic nitrogens is 3. The fourth-order valence-electron chi connectivity index (χ4n) is 2.03. The van der Waals surface area contributed by atoms with Crippen molar-refractivity contribution in [1.29, 1.82) is 0 Å². The average Bonchev–Trinajstić information content (AvgIpc) is 2.95. The van der Waals surface area contributed by atoms with Gasteiger partial charge in [0.05, 0.1) is 12.2 Å². The Balaban J connectivity index is 2.02. The van der Waals surface area contributed by atoms with Gasteiger partial charge in [-0.15, -0.1) is 5.10 Å². The van der Waals surface area contributed by atoms with Crippen LogP contribution in [0.5, 0.6) is 5.75 Å². The summed E-state index contributed by atoms with van der Waals surface area (Å²) in [5.74, 6) is -1.78. The normalized spacial score (nSPS) is 12.0. The maximum Gasteiger partial charge on any atom is 0.387 e. The predicted molar refractivity (Wildman–Crippen MR) is 76.6 cm³/mol. The van der Waals surface area contributed by atoms with Gasteiger partial charge in [0, 0.05) is 5.56 Å². The summed E-state index contributed by atoms with van der Waals surface area (Å²) in [5.41, 5.74) is 0.0995. The third-order valence-electron chi connectivity index (χ3n) is 3.04. The molecule has 1 aromatic carbocycles. The maximum atomic E-state index is 12.4. The van der Waals surface area contributed by atoms with E-state index in [1.165, 1.54) is 6.07 Å². The Bertz CT molecular complexity index is 735. The van der Waals surface area contributed by atoms with Gasteiger partial charge in [-0.05, 0) is 13.0 Å². The lowest BCUT2D eigenvalue weighted by atomic mass is 10.1. The number of ether oxygens (including phenoxy) is 1. The molecule has 0 spiro atoms. The lowest BCUT2D eigenvalue weighted by molar-refractivity contribution is -0.122. The van der Waals surface area contributed by atoms with E-state index in [0.717, 1.165) is 10.9 Å². The largest absolute Gasteiger partial charge is 0.476 e. The highest BCUT2D eigenvalue weighted by Gasteiger charge is 2.17. The molecule has 0 aliphatic carbocycles. The average molecular weight is 340 g/mol. The number of rotatable bonds is 7. The second-order valence-electron chi connectivity index (χ2n) is 4.81. The minimum absolute atomic E-state index is 0.0331. The monoisotopic (exact) mass is 340 g/mol. The SMILES string of the molecule is CC(NC(=O)Cn1cc(C(=O)O)nn1)c1ccccc1OC(F)F. The van der Waals surface area contributed by atoms with Crippen LogP contribution < -0.4 is 10.1 Å². The van der Waals surface area contributed by atoms with Gasteiger partial charge in [-0.3, -0.25) is 4.79 Å². The minimum Gasteiger partial charge on any atom is -0.476 e. The predicted octanol–water partition coefficient (Wildman–Crippen LogP) is 1.46. The van der Waals surface area contributed by atoms with Gasteiger partial charge >= 0.3 is 12.6 Å². The molecule has 1 atom stereocenters. The van der Waals surface area contributed by atoms with Gasteiger partial charge in [-0.2, -0.15) is 8.78 Å². The topological polar surface area (TPSA) is 106 Å². The number of carboxylic acids is 1. The molecule has 1 heterocycles. The molecule has 8 nitrogen and oxygen atoms in total. The molecule has 0 aliphatic rings. The highest BCUT2D eigenvalue weighted by Crippen LogP contribution is 2.26. The summed E-state index contributed by atoms with van der Waals surface area (Å²) in [6.07, 6.45) is 1.11. The number of aromatic carboxylic acids is 1. The molecular weight excluding hydrogens is 326 g/mol. The Morgan fingerprint density at radius 3 is 2.71 bits per heavy atom. The molecule has 1 aromatic heterocycles. The Kier molecular flexibility index (Phi) is 5.40. The summed E-state index contributed by atoms with van der Waals surface area (Å²) in [5, 5.41) is 18.2. The Morgan fingerprint density at radius 2 is 2.08 bits per heavy atom. The van der Waals surface area contributed by atoms with E-state index in [0.29, 0.717) is 5.56 Å². The molecule has 128 valence electrons. The highest BCUT2D eigenvalue weighted by molar-refractivity contribution is 5.84. The van der Waals surface area contributed by atoms with Crippen molar-refractivity contribution < 1.29 is 28.2 Å². The van der Waals surface area contributed by atoms with Crippen molar-refractivity contribution >= 4 is 11.9 Å². The van der Waals surface area contributed by atoms with E-state index >= 15 is 0 Å². The second-order valence-corrected chi connectivity index (χ2v) is 4.81. The maximum absolute atomic E-state index is 12.4. The number of halogens is 2. The van der Waals surface area contributed by atoms with E-state index in [-0.39, 0.29) is 18.0 Å². The standard InChI is InChI=1S/C14H14F2N4O4/c1-8(9-4-2-3-5-11(9)24-14(15)16)17-12(21)7-20-6-10(13(22)23)18-19-20/h2-6,8,14H,7H2,1H3,(H,17,21)(H,22,23). The quantitative estimate of drug-likeness (QED) is 0.790. The third kappa shape index (κ3) is 4.48.